The molecule has 0 radical (unpaired) electrons. The number of aliphatic imine (C=N–C) groups is 1. The quantitative estimate of drug-likeness (QED) is 0.338. The summed E-state index contributed by atoms with van der Waals surface area (Å²) in [6.45, 7) is 5.44. The summed E-state index contributed by atoms with van der Waals surface area (Å²) >= 11 is 3.48. The van der Waals surface area contributed by atoms with E-state index in [2.05, 4.69) is 31.6 Å². The molecular weight excluding hydrogens is 374 g/mol. The van der Waals surface area contributed by atoms with Crippen LogP contribution in [-0.4, -0.2) is 59.1 Å². The molecule has 7 heteroatoms. The molecule has 0 saturated heterocycles. The molecule has 1 aromatic carbocycles. The van der Waals surface area contributed by atoms with Crippen molar-refractivity contribution in [2.75, 3.05) is 47.1 Å². The van der Waals surface area contributed by atoms with E-state index in [-0.39, 0.29) is 6.10 Å². The average Bonchev–Trinajstić information content (AvgIpc) is 2.58. The molecule has 0 aliphatic carbocycles. The van der Waals surface area contributed by atoms with Crippen LogP contribution < -0.4 is 15.4 Å². The highest BCUT2D eigenvalue weighted by atomic mass is 79.9. The molecule has 6 nitrogen and oxygen atoms in total. The first kappa shape index (κ1) is 20.7. The van der Waals surface area contributed by atoms with Gasteiger partial charge in [-0.2, -0.15) is 0 Å². The Kier molecular flexibility index (Phi) is 11.3. The smallest absolute Gasteiger partial charge is 0.191 e. The van der Waals surface area contributed by atoms with Crippen molar-refractivity contribution in [1.82, 2.24) is 10.6 Å². The van der Waals surface area contributed by atoms with Gasteiger partial charge in [0.1, 0.15) is 11.9 Å². The lowest BCUT2D eigenvalue weighted by Crippen LogP contribution is -2.42. The third-order valence-corrected chi connectivity index (χ3v) is 3.79. The third kappa shape index (κ3) is 9.10. The number of nitrogens with one attached hydrogen (secondary N) is 2. The summed E-state index contributed by atoms with van der Waals surface area (Å²) in [4.78, 5) is 4.20. The lowest BCUT2D eigenvalue weighted by Gasteiger charge is -2.18. The van der Waals surface area contributed by atoms with Gasteiger partial charge in [-0.15, -0.1) is 0 Å². The maximum Gasteiger partial charge on any atom is 0.191 e. The van der Waals surface area contributed by atoms with Gasteiger partial charge in [0.25, 0.3) is 0 Å². The van der Waals surface area contributed by atoms with Crippen molar-refractivity contribution < 1.29 is 14.2 Å². The van der Waals surface area contributed by atoms with Crippen molar-refractivity contribution in [2.24, 2.45) is 4.99 Å². The number of hydrogen-bond acceptors (Lipinski definition) is 4. The van der Waals surface area contributed by atoms with Crippen LogP contribution in [0.3, 0.4) is 0 Å². The van der Waals surface area contributed by atoms with Gasteiger partial charge in [-0.25, -0.2) is 0 Å². The van der Waals surface area contributed by atoms with Crippen LogP contribution in [0.4, 0.5) is 0 Å². The molecule has 0 aliphatic rings. The van der Waals surface area contributed by atoms with Crippen molar-refractivity contribution in [3.05, 3.63) is 28.7 Å². The molecule has 0 amide bonds. The highest BCUT2D eigenvalue weighted by Crippen LogP contribution is 2.24. The predicted octanol–water partition coefficient (Wildman–Crippen LogP) is 2.43. The van der Waals surface area contributed by atoms with Crippen molar-refractivity contribution in [3.63, 3.8) is 0 Å². The Hall–Kier alpha value is -1.31. The van der Waals surface area contributed by atoms with E-state index in [4.69, 9.17) is 14.2 Å². The Balaban J connectivity index is 2.18. The fourth-order valence-electron chi connectivity index (χ4n) is 1.89. The van der Waals surface area contributed by atoms with Gasteiger partial charge in [-0.1, -0.05) is 12.1 Å². The molecule has 0 fully saturated rings. The Labute approximate surface area is 153 Å². The van der Waals surface area contributed by atoms with Crippen molar-refractivity contribution in [3.8, 4) is 5.75 Å². The molecule has 0 aliphatic heterocycles. The minimum atomic E-state index is 0.0135. The molecule has 0 bridgehead atoms. The fourth-order valence-corrected chi connectivity index (χ4v) is 2.26. The standard InChI is InChI=1S/C17H28BrN3O3/c1-14(24-16-8-5-4-7-15(16)18)13-21-17(19-2)20-9-6-10-23-12-11-22-3/h4-5,7-8,14H,6,9-13H2,1-3H3,(H2,19,20,21). The van der Waals surface area contributed by atoms with Gasteiger partial charge in [0.05, 0.1) is 24.2 Å². The van der Waals surface area contributed by atoms with Crippen LogP contribution in [0.1, 0.15) is 13.3 Å². The van der Waals surface area contributed by atoms with Crippen LogP contribution in [0.5, 0.6) is 5.75 Å². The van der Waals surface area contributed by atoms with Crippen molar-refractivity contribution in [1.29, 1.82) is 0 Å². The zero-order valence-electron chi connectivity index (χ0n) is 14.7. The largest absolute Gasteiger partial charge is 0.488 e. The van der Waals surface area contributed by atoms with Crippen LogP contribution in [0, 0.1) is 0 Å². The van der Waals surface area contributed by atoms with Gasteiger partial charge in [-0.3, -0.25) is 4.99 Å². The lowest BCUT2D eigenvalue weighted by molar-refractivity contribution is 0.0698. The van der Waals surface area contributed by atoms with E-state index < -0.39 is 0 Å². The van der Waals surface area contributed by atoms with Gasteiger partial charge < -0.3 is 24.8 Å². The number of nitrogens with zero attached hydrogens (tertiary/aromatic N) is 1. The van der Waals surface area contributed by atoms with E-state index in [0.29, 0.717) is 26.4 Å². The number of rotatable bonds is 11. The SMILES string of the molecule is CN=C(NCCCOCCOC)NCC(C)Oc1ccccc1Br. The van der Waals surface area contributed by atoms with E-state index in [1.807, 2.05) is 31.2 Å². The summed E-state index contributed by atoms with van der Waals surface area (Å²) in [5.41, 5.74) is 0. The highest BCUT2D eigenvalue weighted by molar-refractivity contribution is 9.10. The number of para-hydroxylation sites is 1. The number of hydrogen-bond donors (Lipinski definition) is 2. The van der Waals surface area contributed by atoms with E-state index in [1.165, 1.54) is 0 Å². The summed E-state index contributed by atoms with van der Waals surface area (Å²) in [5, 5.41) is 6.51. The summed E-state index contributed by atoms with van der Waals surface area (Å²) in [6, 6.07) is 7.82. The number of guanidine groups is 1. The summed E-state index contributed by atoms with van der Waals surface area (Å²) in [7, 11) is 3.42. The average molecular weight is 402 g/mol. The minimum absolute atomic E-state index is 0.0135. The molecule has 1 rings (SSSR count). The number of methoxy groups -OCH3 is 1. The first-order valence-electron chi connectivity index (χ1n) is 8.09. The highest BCUT2D eigenvalue weighted by Gasteiger charge is 2.07. The maximum absolute atomic E-state index is 5.90. The van der Waals surface area contributed by atoms with Crippen molar-refractivity contribution >= 4 is 21.9 Å². The predicted molar refractivity (Wildman–Crippen MR) is 101 cm³/mol. The Morgan fingerprint density at radius 2 is 2.00 bits per heavy atom. The number of benzene rings is 1. The van der Waals surface area contributed by atoms with Gasteiger partial charge in [-0.05, 0) is 41.4 Å². The van der Waals surface area contributed by atoms with E-state index >= 15 is 0 Å². The van der Waals surface area contributed by atoms with Crippen LogP contribution in [0.2, 0.25) is 0 Å². The Morgan fingerprint density at radius 1 is 1.21 bits per heavy atom. The van der Waals surface area contributed by atoms with E-state index in [0.717, 1.165) is 29.1 Å². The molecule has 2 N–H and O–H groups in total. The van der Waals surface area contributed by atoms with Crippen molar-refractivity contribution in [2.45, 2.75) is 19.4 Å². The molecule has 0 spiro atoms. The first-order chi connectivity index (χ1) is 11.7. The van der Waals surface area contributed by atoms with Gasteiger partial charge in [0, 0.05) is 27.3 Å². The maximum atomic E-state index is 5.90. The fraction of sp³-hybridized carbons (Fsp3) is 0.588. The summed E-state index contributed by atoms with van der Waals surface area (Å²) in [5.74, 6) is 1.59. The monoisotopic (exact) mass is 401 g/mol. The second-order valence-corrected chi connectivity index (χ2v) is 6.05. The number of halogens is 1. The van der Waals surface area contributed by atoms with Gasteiger partial charge >= 0.3 is 0 Å². The topological polar surface area (TPSA) is 64.1 Å². The molecule has 0 saturated carbocycles. The zero-order valence-corrected chi connectivity index (χ0v) is 16.3. The van der Waals surface area contributed by atoms with Crippen LogP contribution in [0.15, 0.2) is 33.7 Å². The molecule has 136 valence electrons. The normalized spacial score (nSPS) is 12.8. The number of ether oxygens (including phenoxy) is 3. The molecule has 1 atom stereocenters. The van der Waals surface area contributed by atoms with Gasteiger partial charge in [0.2, 0.25) is 0 Å². The van der Waals surface area contributed by atoms with Gasteiger partial charge in [0.15, 0.2) is 5.96 Å². The molecule has 0 heterocycles. The van der Waals surface area contributed by atoms with Crippen LogP contribution >= 0.6 is 15.9 Å². The minimum Gasteiger partial charge on any atom is -0.488 e. The molecule has 1 aromatic rings. The lowest BCUT2D eigenvalue weighted by atomic mass is 10.3. The second-order valence-electron chi connectivity index (χ2n) is 5.20. The van der Waals surface area contributed by atoms with Crippen LogP contribution in [0.25, 0.3) is 0 Å². The Morgan fingerprint density at radius 3 is 2.71 bits per heavy atom. The summed E-state index contributed by atoms with van der Waals surface area (Å²) < 4.78 is 17.2. The Bertz CT molecular complexity index is 486. The molecular formula is C17H28BrN3O3. The van der Waals surface area contributed by atoms with E-state index in [1.54, 1.807) is 14.2 Å². The molecule has 24 heavy (non-hydrogen) atoms. The first-order valence-corrected chi connectivity index (χ1v) is 8.89. The third-order valence-electron chi connectivity index (χ3n) is 3.14. The zero-order chi connectivity index (χ0) is 17.6. The molecule has 0 aromatic heterocycles. The second kappa shape index (κ2) is 13.0. The summed E-state index contributed by atoms with van der Waals surface area (Å²) in [6.07, 6.45) is 0.924. The van der Waals surface area contributed by atoms with Crippen LogP contribution in [-0.2, 0) is 9.47 Å². The van der Waals surface area contributed by atoms with E-state index in [9.17, 15) is 0 Å². The molecule has 1 unspecified atom stereocenters.